The number of rotatable bonds is 4. The molecule has 2 aliphatic rings. The van der Waals surface area contributed by atoms with Gasteiger partial charge in [0.15, 0.2) is 5.69 Å². The lowest BCUT2D eigenvalue weighted by atomic mass is 10.00. The molecule has 0 saturated heterocycles. The van der Waals surface area contributed by atoms with E-state index in [1.165, 1.54) is 0 Å². The molecule has 1 aromatic heterocycles. The minimum Gasteiger partial charge on any atom is -0.321 e. The van der Waals surface area contributed by atoms with Crippen LogP contribution in [-0.4, -0.2) is 35.1 Å². The molecule has 0 radical (unpaired) electrons. The first-order valence-corrected chi connectivity index (χ1v) is 9.19. The molecule has 2 aliphatic heterocycles. The van der Waals surface area contributed by atoms with Crippen molar-refractivity contribution in [3.05, 3.63) is 40.7 Å². The molecule has 27 heavy (non-hydrogen) atoms. The molecule has 0 unspecified atom stereocenters. The summed E-state index contributed by atoms with van der Waals surface area (Å²) in [7, 11) is 0. The molecule has 0 atom stereocenters. The van der Waals surface area contributed by atoms with Crippen LogP contribution in [0.4, 0.5) is 11.4 Å². The summed E-state index contributed by atoms with van der Waals surface area (Å²) < 4.78 is 0. The van der Waals surface area contributed by atoms with Crippen LogP contribution < -0.4 is 15.5 Å². The van der Waals surface area contributed by atoms with Gasteiger partial charge in [-0.2, -0.15) is 5.10 Å². The molecule has 2 aromatic rings. The Kier molecular flexibility index (Phi) is 5.82. The molecular weight excluding hydrogens is 366 g/mol. The van der Waals surface area contributed by atoms with E-state index in [4.69, 9.17) is 0 Å². The molecule has 3 heterocycles. The summed E-state index contributed by atoms with van der Waals surface area (Å²) in [4.78, 5) is 26.6. The number of benzene rings is 1. The van der Waals surface area contributed by atoms with Crippen molar-refractivity contribution < 1.29 is 9.59 Å². The predicted octanol–water partition coefficient (Wildman–Crippen LogP) is 2.42. The van der Waals surface area contributed by atoms with E-state index >= 15 is 0 Å². The largest absolute Gasteiger partial charge is 0.321 e. The van der Waals surface area contributed by atoms with Crippen LogP contribution in [-0.2, 0) is 24.2 Å². The zero-order chi connectivity index (χ0) is 18.1. The van der Waals surface area contributed by atoms with Gasteiger partial charge in [0.25, 0.3) is 5.91 Å². The molecule has 3 N–H and O–H groups in total. The fraction of sp³-hybridized carbons (Fsp3) is 0.421. The van der Waals surface area contributed by atoms with E-state index in [-0.39, 0.29) is 24.2 Å². The fourth-order valence-electron chi connectivity index (χ4n) is 3.71. The topological polar surface area (TPSA) is 90.1 Å². The lowest BCUT2D eigenvalue weighted by Crippen LogP contribution is -2.35. The number of fused-ring (bicyclic) bond motifs is 2. The van der Waals surface area contributed by atoms with E-state index in [1.807, 2.05) is 23.1 Å². The van der Waals surface area contributed by atoms with Gasteiger partial charge in [0.05, 0.1) is 0 Å². The average Bonchev–Trinajstić information content (AvgIpc) is 3.08. The summed E-state index contributed by atoms with van der Waals surface area (Å²) in [6.45, 7) is 4.35. The van der Waals surface area contributed by atoms with Crippen molar-refractivity contribution in [1.29, 1.82) is 0 Å². The molecule has 0 aliphatic carbocycles. The quantitative estimate of drug-likeness (QED) is 0.749. The van der Waals surface area contributed by atoms with Gasteiger partial charge >= 0.3 is 0 Å². The van der Waals surface area contributed by atoms with Crippen LogP contribution in [0.3, 0.4) is 0 Å². The number of aryl methyl sites for hydroxylation is 1. The minimum atomic E-state index is -0.205. The van der Waals surface area contributed by atoms with Crippen molar-refractivity contribution in [2.24, 2.45) is 0 Å². The van der Waals surface area contributed by atoms with Crippen molar-refractivity contribution in [3.8, 4) is 0 Å². The van der Waals surface area contributed by atoms with E-state index < -0.39 is 0 Å². The number of anilines is 2. The standard InChI is InChI=1S/C19H23N5O2.ClH/c1-2-9-24-16-5-4-13(10-12(16)3-6-17(24)25)21-19(26)18-14-11-20-8-7-15(14)22-23-18;/h4-5,10,20H,2-3,6-9,11H2,1H3,(H,21,26)(H,22,23);1H. The molecule has 0 spiro atoms. The summed E-state index contributed by atoms with van der Waals surface area (Å²) in [6.07, 6.45) is 3.00. The van der Waals surface area contributed by atoms with E-state index in [1.54, 1.807) is 0 Å². The molecule has 2 amide bonds. The summed E-state index contributed by atoms with van der Waals surface area (Å²) >= 11 is 0. The molecule has 0 saturated carbocycles. The van der Waals surface area contributed by atoms with Crippen molar-refractivity contribution in [1.82, 2.24) is 15.5 Å². The Morgan fingerprint density at radius 2 is 2.15 bits per heavy atom. The number of nitrogens with zero attached hydrogens (tertiary/aromatic N) is 2. The van der Waals surface area contributed by atoms with Gasteiger partial charge in [-0.15, -0.1) is 12.4 Å². The number of H-pyrrole nitrogens is 1. The zero-order valence-electron chi connectivity index (χ0n) is 15.3. The lowest BCUT2D eigenvalue weighted by Gasteiger charge is -2.29. The molecular formula is C19H24ClN5O2. The second kappa shape index (κ2) is 8.10. The highest BCUT2D eigenvalue weighted by Gasteiger charge is 2.25. The van der Waals surface area contributed by atoms with Gasteiger partial charge in [-0.25, -0.2) is 0 Å². The average molecular weight is 390 g/mol. The fourth-order valence-corrected chi connectivity index (χ4v) is 3.71. The van der Waals surface area contributed by atoms with Gasteiger partial charge in [-0.1, -0.05) is 6.92 Å². The minimum absolute atomic E-state index is 0. The Balaban J connectivity index is 0.00000210. The maximum atomic E-state index is 12.6. The first kappa shape index (κ1) is 19.4. The number of carbonyl (C=O) groups excluding carboxylic acids is 2. The summed E-state index contributed by atoms with van der Waals surface area (Å²) in [5.74, 6) is -0.0322. The Morgan fingerprint density at radius 3 is 2.96 bits per heavy atom. The highest BCUT2D eigenvalue weighted by Crippen LogP contribution is 2.30. The molecule has 0 fully saturated rings. The Morgan fingerprint density at radius 1 is 1.30 bits per heavy atom. The highest BCUT2D eigenvalue weighted by atomic mass is 35.5. The summed E-state index contributed by atoms with van der Waals surface area (Å²) in [5.41, 5.74) is 5.23. The molecule has 8 heteroatoms. The number of amides is 2. The van der Waals surface area contributed by atoms with Crippen LogP contribution in [0.1, 0.15) is 47.1 Å². The maximum Gasteiger partial charge on any atom is 0.276 e. The maximum absolute atomic E-state index is 12.6. The van der Waals surface area contributed by atoms with Crippen LogP contribution in [0.2, 0.25) is 0 Å². The van der Waals surface area contributed by atoms with E-state index in [0.29, 0.717) is 25.1 Å². The van der Waals surface area contributed by atoms with Crippen LogP contribution >= 0.6 is 12.4 Å². The number of nitrogens with one attached hydrogen (secondary N) is 3. The third kappa shape index (κ3) is 3.70. The third-order valence-corrected chi connectivity index (χ3v) is 5.01. The summed E-state index contributed by atoms with van der Waals surface area (Å²) in [5, 5.41) is 13.4. The van der Waals surface area contributed by atoms with Gasteiger partial charge in [0, 0.05) is 55.1 Å². The number of hydrogen-bond acceptors (Lipinski definition) is 4. The number of aromatic nitrogens is 2. The van der Waals surface area contributed by atoms with Gasteiger partial charge in [-0.3, -0.25) is 14.7 Å². The van der Waals surface area contributed by atoms with Crippen molar-refractivity contribution in [2.45, 2.75) is 39.2 Å². The monoisotopic (exact) mass is 389 g/mol. The second-order valence-corrected chi connectivity index (χ2v) is 6.80. The normalized spacial score (nSPS) is 15.6. The lowest BCUT2D eigenvalue weighted by molar-refractivity contribution is -0.118. The van der Waals surface area contributed by atoms with Crippen molar-refractivity contribution in [3.63, 3.8) is 0 Å². The first-order chi connectivity index (χ1) is 12.7. The van der Waals surface area contributed by atoms with Crippen LogP contribution in [0.5, 0.6) is 0 Å². The van der Waals surface area contributed by atoms with Gasteiger partial charge in [0.2, 0.25) is 5.91 Å². The Hall–Kier alpha value is -2.38. The second-order valence-electron chi connectivity index (χ2n) is 6.80. The van der Waals surface area contributed by atoms with Crippen LogP contribution in [0, 0.1) is 0 Å². The van der Waals surface area contributed by atoms with E-state index in [0.717, 1.165) is 54.1 Å². The first-order valence-electron chi connectivity index (χ1n) is 9.19. The Bertz CT molecular complexity index is 864. The molecule has 144 valence electrons. The van der Waals surface area contributed by atoms with E-state index in [9.17, 15) is 9.59 Å². The number of carbonyl (C=O) groups is 2. The molecule has 0 bridgehead atoms. The smallest absolute Gasteiger partial charge is 0.276 e. The Labute approximate surface area is 164 Å². The zero-order valence-corrected chi connectivity index (χ0v) is 16.1. The van der Waals surface area contributed by atoms with Gasteiger partial charge in [0.1, 0.15) is 0 Å². The van der Waals surface area contributed by atoms with Crippen molar-refractivity contribution in [2.75, 3.05) is 23.3 Å². The highest BCUT2D eigenvalue weighted by molar-refractivity contribution is 6.04. The number of halogens is 1. The number of hydrogen-bond donors (Lipinski definition) is 3. The molecule has 1 aromatic carbocycles. The van der Waals surface area contributed by atoms with Gasteiger partial charge < -0.3 is 15.5 Å². The number of aromatic amines is 1. The molecule has 7 nitrogen and oxygen atoms in total. The SMILES string of the molecule is CCCN1C(=O)CCc2cc(NC(=O)c3n[nH]c4c3CNCC4)ccc21.Cl. The van der Waals surface area contributed by atoms with Gasteiger partial charge in [-0.05, 0) is 36.6 Å². The predicted molar refractivity (Wildman–Crippen MR) is 107 cm³/mol. The third-order valence-electron chi connectivity index (χ3n) is 5.01. The van der Waals surface area contributed by atoms with Crippen LogP contribution in [0.15, 0.2) is 18.2 Å². The van der Waals surface area contributed by atoms with Crippen molar-refractivity contribution >= 4 is 35.6 Å². The van der Waals surface area contributed by atoms with E-state index in [2.05, 4.69) is 27.8 Å². The van der Waals surface area contributed by atoms with Crippen LogP contribution in [0.25, 0.3) is 0 Å². The summed E-state index contributed by atoms with van der Waals surface area (Å²) in [6, 6.07) is 5.76. The molecule has 4 rings (SSSR count).